The van der Waals surface area contributed by atoms with Crippen molar-refractivity contribution in [3.63, 3.8) is 0 Å². The van der Waals surface area contributed by atoms with Gasteiger partial charge in [-0.05, 0) is 53.0 Å². The van der Waals surface area contributed by atoms with Crippen molar-refractivity contribution >= 4 is 17.3 Å². The average Bonchev–Trinajstić information content (AvgIpc) is 2.62. The van der Waals surface area contributed by atoms with Crippen molar-refractivity contribution in [1.82, 2.24) is 0 Å². The number of anilines is 1. The lowest BCUT2D eigenvalue weighted by Crippen LogP contribution is -2.08. The maximum Gasteiger partial charge on any atom is 0.0361 e. The zero-order valence-corrected chi connectivity index (χ0v) is 14.5. The molecule has 0 aliphatic heterocycles. The van der Waals surface area contributed by atoms with Crippen LogP contribution in [0.15, 0.2) is 78.9 Å². The SMILES string of the molecule is Cc1ccccc1C=C(c1ccccc1)c1ccc(N(C)C)cc1. The smallest absolute Gasteiger partial charge is 0.0361 e. The molecule has 0 spiro atoms. The van der Waals surface area contributed by atoms with E-state index in [-0.39, 0.29) is 0 Å². The molecular weight excluding hydrogens is 290 g/mol. The molecule has 1 nitrogen and oxygen atoms in total. The molecule has 0 bridgehead atoms. The first kappa shape index (κ1) is 16.1. The maximum atomic E-state index is 2.29. The van der Waals surface area contributed by atoms with E-state index in [4.69, 9.17) is 0 Å². The van der Waals surface area contributed by atoms with Gasteiger partial charge in [-0.25, -0.2) is 0 Å². The molecule has 0 aromatic heterocycles. The van der Waals surface area contributed by atoms with E-state index in [1.807, 2.05) is 0 Å². The van der Waals surface area contributed by atoms with Crippen LogP contribution < -0.4 is 4.90 Å². The minimum Gasteiger partial charge on any atom is -0.378 e. The molecule has 3 rings (SSSR count). The van der Waals surface area contributed by atoms with E-state index in [2.05, 4.69) is 111 Å². The molecule has 120 valence electrons. The van der Waals surface area contributed by atoms with Gasteiger partial charge in [0.05, 0.1) is 0 Å². The number of hydrogen-bond donors (Lipinski definition) is 0. The summed E-state index contributed by atoms with van der Waals surface area (Å²) in [6.45, 7) is 2.16. The lowest BCUT2D eigenvalue weighted by Gasteiger charge is -2.14. The zero-order chi connectivity index (χ0) is 16.9. The Kier molecular flexibility index (Phi) is 4.81. The number of nitrogens with zero attached hydrogens (tertiary/aromatic N) is 1. The molecule has 3 aromatic rings. The van der Waals surface area contributed by atoms with Crippen LogP contribution in [0, 0.1) is 6.92 Å². The normalized spacial score (nSPS) is 11.4. The monoisotopic (exact) mass is 313 g/mol. The molecule has 0 saturated carbocycles. The van der Waals surface area contributed by atoms with Gasteiger partial charge in [-0.1, -0.05) is 66.7 Å². The molecule has 0 aliphatic rings. The Labute approximate surface area is 144 Å². The van der Waals surface area contributed by atoms with Gasteiger partial charge in [0.25, 0.3) is 0 Å². The summed E-state index contributed by atoms with van der Waals surface area (Å²) in [7, 11) is 4.13. The molecule has 3 aromatic carbocycles. The lowest BCUT2D eigenvalue weighted by atomic mass is 9.94. The van der Waals surface area contributed by atoms with Crippen molar-refractivity contribution in [2.24, 2.45) is 0 Å². The standard InChI is InChI=1S/C23H23N/c1-18-9-7-8-12-21(18)17-23(19-10-5-4-6-11-19)20-13-15-22(16-14-20)24(2)3/h4-17H,1-3H3. The first-order chi connectivity index (χ1) is 11.6. The molecular formula is C23H23N. The number of hydrogen-bond acceptors (Lipinski definition) is 1. The third kappa shape index (κ3) is 3.57. The Morgan fingerprint density at radius 3 is 1.92 bits per heavy atom. The van der Waals surface area contributed by atoms with Gasteiger partial charge in [-0.15, -0.1) is 0 Å². The van der Waals surface area contributed by atoms with Crippen LogP contribution in [0.4, 0.5) is 5.69 Å². The second kappa shape index (κ2) is 7.18. The van der Waals surface area contributed by atoms with Gasteiger partial charge in [0, 0.05) is 19.8 Å². The molecule has 1 heteroatoms. The highest BCUT2D eigenvalue weighted by Gasteiger charge is 2.07. The molecule has 0 unspecified atom stereocenters. The molecule has 0 N–H and O–H groups in total. The van der Waals surface area contributed by atoms with E-state index >= 15 is 0 Å². The van der Waals surface area contributed by atoms with Crippen molar-refractivity contribution in [3.05, 3.63) is 101 Å². The fourth-order valence-electron chi connectivity index (χ4n) is 2.79. The van der Waals surface area contributed by atoms with Gasteiger partial charge < -0.3 is 4.90 Å². The van der Waals surface area contributed by atoms with Gasteiger partial charge in [0.1, 0.15) is 0 Å². The predicted molar refractivity (Wildman–Crippen MR) is 105 cm³/mol. The van der Waals surface area contributed by atoms with E-state index < -0.39 is 0 Å². The maximum absolute atomic E-state index is 2.29. The fraction of sp³-hybridized carbons (Fsp3) is 0.130. The fourth-order valence-corrected chi connectivity index (χ4v) is 2.79. The summed E-state index contributed by atoms with van der Waals surface area (Å²) in [5.74, 6) is 0. The van der Waals surface area contributed by atoms with Crippen molar-refractivity contribution < 1.29 is 0 Å². The Balaban J connectivity index is 2.11. The van der Waals surface area contributed by atoms with E-state index in [0.29, 0.717) is 0 Å². The van der Waals surface area contributed by atoms with Crippen LogP contribution in [0.2, 0.25) is 0 Å². The summed E-state index contributed by atoms with van der Waals surface area (Å²) in [4.78, 5) is 2.12. The van der Waals surface area contributed by atoms with Crippen LogP contribution >= 0.6 is 0 Å². The number of rotatable bonds is 4. The lowest BCUT2D eigenvalue weighted by molar-refractivity contribution is 1.13. The summed E-state index contributed by atoms with van der Waals surface area (Å²) in [6, 6.07) is 27.8. The van der Waals surface area contributed by atoms with Crippen molar-refractivity contribution in [2.45, 2.75) is 6.92 Å². The summed E-state index contributed by atoms with van der Waals surface area (Å²) in [5, 5.41) is 0. The van der Waals surface area contributed by atoms with E-state index in [9.17, 15) is 0 Å². The third-order valence-electron chi connectivity index (χ3n) is 4.27. The zero-order valence-electron chi connectivity index (χ0n) is 14.5. The minimum absolute atomic E-state index is 1.21. The number of aryl methyl sites for hydroxylation is 1. The molecule has 0 saturated heterocycles. The Bertz CT molecular complexity index is 827. The number of benzene rings is 3. The summed E-state index contributed by atoms with van der Waals surface area (Å²) in [5.41, 5.74) is 7.47. The topological polar surface area (TPSA) is 3.24 Å². The highest BCUT2D eigenvalue weighted by molar-refractivity contribution is 5.92. The molecule has 0 radical (unpaired) electrons. The van der Waals surface area contributed by atoms with Gasteiger partial charge in [0.2, 0.25) is 0 Å². The van der Waals surface area contributed by atoms with Gasteiger partial charge in [-0.3, -0.25) is 0 Å². The summed E-state index contributed by atoms with van der Waals surface area (Å²) in [6.07, 6.45) is 2.29. The molecule has 0 fully saturated rings. The highest BCUT2D eigenvalue weighted by atomic mass is 15.1. The van der Waals surface area contributed by atoms with Crippen LogP contribution in [0.1, 0.15) is 22.3 Å². The minimum atomic E-state index is 1.21. The highest BCUT2D eigenvalue weighted by Crippen LogP contribution is 2.28. The Morgan fingerprint density at radius 2 is 1.29 bits per heavy atom. The van der Waals surface area contributed by atoms with Crippen molar-refractivity contribution in [3.8, 4) is 0 Å². The second-order valence-corrected chi connectivity index (χ2v) is 6.22. The molecule has 24 heavy (non-hydrogen) atoms. The van der Waals surface area contributed by atoms with Crippen molar-refractivity contribution in [1.29, 1.82) is 0 Å². The van der Waals surface area contributed by atoms with Crippen molar-refractivity contribution in [2.75, 3.05) is 19.0 Å². The van der Waals surface area contributed by atoms with E-state index in [1.165, 1.54) is 33.5 Å². The first-order valence-corrected chi connectivity index (χ1v) is 8.25. The van der Waals surface area contributed by atoms with Crippen LogP contribution in [0.25, 0.3) is 11.6 Å². The molecule has 0 atom stereocenters. The summed E-state index contributed by atoms with van der Waals surface area (Å²) < 4.78 is 0. The second-order valence-electron chi connectivity index (χ2n) is 6.22. The molecule has 0 aliphatic carbocycles. The van der Waals surface area contributed by atoms with E-state index in [0.717, 1.165) is 0 Å². The van der Waals surface area contributed by atoms with Gasteiger partial charge in [-0.2, -0.15) is 0 Å². The quantitative estimate of drug-likeness (QED) is 0.563. The average molecular weight is 313 g/mol. The van der Waals surface area contributed by atoms with Crippen LogP contribution in [0.5, 0.6) is 0 Å². The predicted octanol–water partition coefficient (Wildman–Crippen LogP) is 5.65. The van der Waals surface area contributed by atoms with Crippen LogP contribution in [-0.2, 0) is 0 Å². The Morgan fingerprint density at radius 1 is 0.708 bits per heavy atom. The third-order valence-corrected chi connectivity index (χ3v) is 4.27. The Hall–Kier alpha value is -2.80. The van der Waals surface area contributed by atoms with Crippen LogP contribution in [-0.4, -0.2) is 14.1 Å². The molecule has 0 amide bonds. The van der Waals surface area contributed by atoms with E-state index in [1.54, 1.807) is 0 Å². The largest absolute Gasteiger partial charge is 0.378 e. The van der Waals surface area contributed by atoms with Gasteiger partial charge in [0.15, 0.2) is 0 Å². The first-order valence-electron chi connectivity index (χ1n) is 8.25. The van der Waals surface area contributed by atoms with Gasteiger partial charge >= 0.3 is 0 Å². The molecule has 0 heterocycles. The summed E-state index contributed by atoms with van der Waals surface area (Å²) >= 11 is 0. The van der Waals surface area contributed by atoms with Crippen LogP contribution in [0.3, 0.4) is 0 Å².